The maximum atomic E-state index is 12.6. The number of ketones is 1. The first-order valence-corrected chi connectivity index (χ1v) is 9.68. The molecule has 132 valence electrons. The van der Waals surface area contributed by atoms with Gasteiger partial charge in [0.2, 0.25) is 0 Å². The van der Waals surface area contributed by atoms with Crippen molar-refractivity contribution in [1.29, 1.82) is 0 Å². The predicted octanol–water partition coefficient (Wildman–Crippen LogP) is 4.54. The van der Waals surface area contributed by atoms with Crippen molar-refractivity contribution in [1.82, 2.24) is 4.90 Å². The molecule has 1 amide bonds. The molecule has 0 N–H and O–H groups in total. The van der Waals surface area contributed by atoms with Crippen LogP contribution in [0.2, 0.25) is 0 Å². The van der Waals surface area contributed by atoms with Gasteiger partial charge in [-0.2, -0.15) is 0 Å². The molecule has 2 aromatic rings. The van der Waals surface area contributed by atoms with Gasteiger partial charge in [-0.25, -0.2) is 0 Å². The van der Waals surface area contributed by atoms with E-state index in [0.717, 1.165) is 10.0 Å². The minimum Gasteiger partial charge on any atom is -0.497 e. The number of Topliss-reactive ketones (excluding diaryl/α,β-unsaturated/α-hetero) is 1. The molecule has 0 radical (unpaired) electrons. The Bertz CT molecular complexity index is 892. The fourth-order valence-electron chi connectivity index (χ4n) is 2.36. The van der Waals surface area contributed by atoms with Crippen LogP contribution in [-0.2, 0) is 4.79 Å². The van der Waals surface area contributed by atoms with Crippen LogP contribution in [0.15, 0.2) is 57.9 Å². The van der Waals surface area contributed by atoms with Gasteiger partial charge in [-0.1, -0.05) is 52.0 Å². The number of nitrogens with zero attached hydrogens (tertiary/aromatic N) is 1. The summed E-state index contributed by atoms with van der Waals surface area (Å²) in [6, 6.07) is 14.4. The average molecular weight is 448 g/mol. The van der Waals surface area contributed by atoms with Crippen molar-refractivity contribution in [2.45, 2.75) is 0 Å². The van der Waals surface area contributed by atoms with E-state index in [1.165, 1.54) is 16.7 Å². The van der Waals surface area contributed by atoms with Crippen molar-refractivity contribution in [3.63, 3.8) is 0 Å². The van der Waals surface area contributed by atoms with Crippen molar-refractivity contribution >= 4 is 62.0 Å². The third kappa shape index (κ3) is 4.23. The second-order valence-corrected chi connectivity index (χ2v) is 8.06. The molecule has 1 saturated heterocycles. The molecule has 0 saturated carbocycles. The zero-order valence-electron chi connectivity index (χ0n) is 13.8. The second-order valence-electron chi connectivity index (χ2n) is 5.47. The van der Waals surface area contributed by atoms with Crippen molar-refractivity contribution in [3.05, 3.63) is 69.0 Å². The van der Waals surface area contributed by atoms with Crippen LogP contribution >= 0.6 is 39.9 Å². The summed E-state index contributed by atoms with van der Waals surface area (Å²) in [4.78, 5) is 26.9. The normalized spacial score (nSPS) is 15.6. The Labute approximate surface area is 169 Å². The summed E-state index contributed by atoms with van der Waals surface area (Å²) < 4.78 is 6.44. The zero-order valence-corrected chi connectivity index (χ0v) is 17.0. The van der Waals surface area contributed by atoms with E-state index in [2.05, 4.69) is 15.9 Å². The van der Waals surface area contributed by atoms with Crippen LogP contribution in [-0.4, -0.2) is 34.6 Å². The predicted molar refractivity (Wildman–Crippen MR) is 111 cm³/mol. The molecule has 3 rings (SSSR count). The van der Waals surface area contributed by atoms with Crippen LogP contribution in [0.1, 0.15) is 15.9 Å². The Morgan fingerprint density at radius 3 is 2.46 bits per heavy atom. The first kappa shape index (κ1) is 18.8. The standard InChI is InChI=1S/C19H14BrNO3S2/c1-24-15-8-4-13(5-9-15)16(22)11-21-18(23)17(26-19(21)25)10-12-2-6-14(20)7-3-12/h2-10H,11H2,1H3/b17-10+. The molecule has 0 aliphatic carbocycles. The van der Waals surface area contributed by atoms with E-state index >= 15 is 0 Å². The van der Waals surface area contributed by atoms with E-state index in [4.69, 9.17) is 17.0 Å². The first-order valence-electron chi connectivity index (χ1n) is 7.66. The third-order valence-electron chi connectivity index (χ3n) is 3.76. The number of hydrogen-bond acceptors (Lipinski definition) is 5. The summed E-state index contributed by atoms with van der Waals surface area (Å²) in [5.41, 5.74) is 1.41. The van der Waals surface area contributed by atoms with Gasteiger partial charge >= 0.3 is 0 Å². The monoisotopic (exact) mass is 447 g/mol. The van der Waals surface area contributed by atoms with Crippen molar-refractivity contribution in [2.75, 3.05) is 13.7 Å². The Hall–Kier alpha value is -1.96. The molecule has 26 heavy (non-hydrogen) atoms. The molecule has 0 spiro atoms. The van der Waals surface area contributed by atoms with Crippen LogP contribution in [0.3, 0.4) is 0 Å². The number of methoxy groups -OCH3 is 1. The largest absolute Gasteiger partial charge is 0.497 e. The lowest BCUT2D eigenvalue weighted by Gasteiger charge is -2.13. The minimum absolute atomic E-state index is 0.0747. The molecule has 2 aromatic carbocycles. The minimum atomic E-state index is -0.246. The summed E-state index contributed by atoms with van der Waals surface area (Å²) in [6.45, 7) is -0.0747. The van der Waals surface area contributed by atoms with Gasteiger partial charge in [0, 0.05) is 10.0 Å². The van der Waals surface area contributed by atoms with Crippen LogP contribution < -0.4 is 4.74 Å². The molecular weight excluding hydrogens is 434 g/mol. The smallest absolute Gasteiger partial charge is 0.266 e. The molecule has 7 heteroatoms. The Kier molecular flexibility index (Phi) is 5.90. The van der Waals surface area contributed by atoms with Crippen molar-refractivity contribution in [2.24, 2.45) is 0 Å². The third-order valence-corrected chi connectivity index (χ3v) is 5.66. The van der Waals surface area contributed by atoms with E-state index in [1.54, 1.807) is 37.5 Å². The average Bonchev–Trinajstić information content (AvgIpc) is 2.91. The number of thioether (sulfide) groups is 1. The molecule has 1 aliphatic heterocycles. The molecule has 1 heterocycles. The van der Waals surface area contributed by atoms with E-state index < -0.39 is 0 Å². The number of ether oxygens (including phenoxy) is 1. The van der Waals surface area contributed by atoms with Gasteiger partial charge in [-0.05, 0) is 48.0 Å². The van der Waals surface area contributed by atoms with Crippen molar-refractivity contribution < 1.29 is 14.3 Å². The van der Waals surface area contributed by atoms with Gasteiger partial charge in [-0.3, -0.25) is 14.5 Å². The number of carbonyl (C=O) groups is 2. The van der Waals surface area contributed by atoms with Gasteiger partial charge < -0.3 is 4.74 Å². The number of benzene rings is 2. The maximum Gasteiger partial charge on any atom is 0.266 e. The Balaban J connectivity index is 1.74. The summed E-state index contributed by atoms with van der Waals surface area (Å²) in [5.74, 6) is 0.253. The van der Waals surface area contributed by atoms with E-state index in [0.29, 0.717) is 20.5 Å². The lowest BCUT2D eigenvalue weighted by molar-refractivity contribution is -0.121. The number of carbonyl (C=O) groups excluding carboxylic acids is 2. The first-order chi connectivity index (χ1) is 12.5. The molecule has 0 unspecified atom stereocenters. The van der Waals surface area contributed by atoms with Gasteiger partial charge in [0.05, 0.1) is 18.6 Å². The number of hydrogen-bond donors (Lipinski definition) is 0. The van der Waals surface area contributed by atoms with E-state index in [9.17, 15) is 9.59 Å². The Morgan fingerprint density at radius 2 is 1.85 bits per heavy atom. The number of thiocarbonyl (C=S) groups is 1. The van der Waals surface area contributed by atoms with Crippen LogP contribution in [0, 0.1) is 0 Å². The highest BCUT2D eigenvalue weighted by Gasteiger charge is 2.33. The second kappa shape index (κ2) is 8.16. The van der Waals surface area contributed by atoms with Crippen LogP contribution in [0.25, 0.3) is 6.08 Å². The van der Waals surface area contributed by atoms with Gasteiger partial charge in [-0.15, -0.1) is 0 Å². The number of amides is 1. The van der Waals surface area contributed by atoms with Gasteiger partial charge in [0.15, 0.2) is 5.78 Å². The summed E-state index contributed by atoms with van der Waals surface area (Å²) in [6.07, 6.45) is 1.78. The fraction of sp³-hybridized carbons (Fsp3) is 0.105. The SMILES string of the molecule is COc1ccc(C(=O)CN2C(=O)/C(=C\c3ccc(Br)cc3)SC2=S)cc1. The molecule has 0 aromatic heterocycles. The van der Waals surface area contributed by atoms with E-state index in [-0.39, 0.29) is 18.2 Å². The van der Waals surface area contributed by atoms with E-state index in [1.807, 2.05) is 24.3 Å². The lowest BCUT2D eigenvalue weighted by atomic mass is 10.1. The van der Waals surface area contributed by atoms with Gasteiger partial charge in [0.25, 0.3) is 5.91 Å². The molecular formula is C19H14BrNO3S2. The summed E-state index contributed by atoms with van der Waals surface area (Å²) in [7, 11) is 1.56. The highest BCUT2D eigenvalue weighted by Crippen LogP contribution is 2.32. The molecule has 1 fully saturated rings. The molecule has 1 aliphatic rings. The quantitative estimate of drug-likeness (QED) is 0.382. The number of halogens is 1. The molecule has 4 nitrogen and oxygen atoms in total. The van der Waals surface area contributed by atoms with Crippen molar-refractivity contribution in [3.8, 4) is 5.75 Å². The highest BCUT2D eigenvalue weighted by molar-refractivity contribution is 9.10. The van der Waals surface area contributed by atoms with Gasteiger partial charge in [0.1, 0.15) is 10.1 Å². The Morgan fingerprint density at radius 1 is 1.19 bits per heavy atom. The molecule has 0 atom stereocenters. The lowest BCUT2D eigenvalue weighted by Crippen LogP contribution is -2.33. The van der Waals surface area contributed by atoms with Crippen LogP contribution in [0.5, 0.6) is 5.75 Å². The number of rotatable bonds is 5. The topological polar surface area (TPSA) is 46.6 Å². The zero-order chi connectivity index (χ0) is 18.7. The fourth-order valence-corrected chi connectivity index (χ4v) is 3.88. The highest BCUT2D eigenvalue weighted by atomic mass is 79.9. The summed E-state index contributed by atoms with van der Waals surface area (Å²) >= 11 is 9.88. The molecule has 0 bridgehead atoms. The van der Waals surface area contributed by atoms with Crippen LogP contribution in [0.4, 0.5) is 0 Å². The maximum absolute atomic E-state index is 12.6. The summed E-state index contributed by atoms with van der Waals surface area (Å²) in [5, 5.41) is 0.